The summed E-state index contributed by atoms with van der Waals surface area (Å²) in [5, 5.41) is 4.98. The SMILES string of the molecule is O=C1COC(c2cc(NC(=O)OCc3ccccc3)c(F)cn2)CN1. The number of hydrogen-bond acceptors (Lipinski definition) is 5. The van der Waals surface area contributed by atoms with E-state index < -0.39 is 18.0 Å². The van der Waals surface area contributed by atoms with Gasteiger partial charge >= 0.3 is 6.09 Å². The van der Waals surface area contributed by atoms with Crippen molar-refractivity contribution >= 4 is 17.7 Å². The van der Waals surface area contributed by atoms with E-state index >= 15 is 0 Å². The monoisotopic (exact) mass is 345 g/mol. The second kappa shape index (κ2) is 7.71. The Morgan fingerprint density at radius 3 is 2.92 bits per heavy atom. The van der Waals surface area contributed by atoms with Crippen LogP contribution in [-0.2, 0) is 20.9 Å². The van der Waals surface area contributed by atoms with E-state index in [-0.39, 0.29) is 31.4 Å². The molecule has 25 heavy (non-hydrogen) atoms. The third-order valence-corrected chi connectivity index (χ3v) is 3.56. The fraction of sp³-hybridized carbons (Fsp3) is 0.235. The minimum Gasteiger partial charge on any atom is -0.444 e. The number of benzene rings is 1. The number of nitrogens with zero attached hydrogens (tertiary/aromatic N) is 1. The Morgan fingerprint density at radius 2 is 2.20 bits per heavy atom. The number of nitrogens with one attached hydrogen (secondary N) is 2. The molecule has 0 bridgehead atoms. The fourth-order valence-electron chi connectivity index (χ4n) is 2.28. The van der Waals surface area contributed by atoms with Gasteiger partial charge in [-0.05, 0) is 11.6 Å². The van der Waals surface area contributed by atoms with E-state index in [2.05, 4.69) is 15.6 Å². The van der Waals surface area contributed by atoms with Gasteiger partial charge in [0.2, 0.25) is 5.91 Å². The number of carbonyl (C=O) groups excluding carboxylic acids is 2. The van der Waals surface area contributed by atoms with Crippen LogP contribution in [0, 0.1) is 5.82 Å². The van der Waals surface area contributed by atoms with Gasteiger partial charge in [-0.3, -0.25) is 15.1 Å². The summed E-state index contributed by atoms with van der Waals surface area (Å²) in [7, 11) is 0. The zero-order valence-electron chi connectivity index (χ0n) is 13.2. The highest BCUT2D eigenvalue weighted by atomic mass is 19.1. The second-order valence-corrected chi connectivity index (χ2v) is 5.38. The van der Waals surface area contributed by atoms with Gasteiger partial charge in [0.25, 0.3) is 0 Å². The molecular formula is C17H16FN3O4. The van der Waals surface area contributed by atoms with Crippen molar-refractivity contribution in [3.63, 3.8) is 0 Å². The van der Waals surface area contributed by atoms with Crippen molar-refractivity contribution in [3.05, 3.63) is 59.7 Å². The lowest BCUT2D eigenvalue weighted by Crippen LogP contribution is -2.39. The van der Waals surface area contributed by atoms with Gasteiger partial charge in [0, 0.05) is 6.54 Å². The van der Waals surface area contributed by atoms with Crippen LogP contribution < -0.4 is 10.6 Å². The zero-order valence-corrected chi connectivity index (χ0v) is 13.2. The van der Waals surface area contributed by atoms with Gasteiger partial charge in [-0.25, -0.2) is 9.18 Å². The Bertz CT molecular complexity index is 760. The van der Waals surface area contributed by atoms with E-state index in [9.17, 15) is 14.0 Å². The van der Waals surface area contributed by atoms with E-state index in [1.807, 2.05) is 30.3 Å². The van der Waals surface area contributed by atoms with E-state index in [1.54, 1.807) is 0 Å². The average molecular weight is 345 g/mol. The van der Waals surface area contributed by atoms with Crippen LogP contribution in [0.2, 0.25) is 0 Å². The molecule has 8 heteroatoms. The zero-order chi connectivity index (χ0) is 17.6. The van der Waals surface area contributed by atoms with Gasteiger partial charge in [0.15, 0.2) is 5.82 Å². The lowest BCUT2D eigenvalue weighted by molar-refractivity contribution is -0.133. The molecule has 0 radical (unpaired) electrons. The van der Waals surface area contributed by atoms with Crippen molar-refractivity contribution in [1.29, 1.82) is 0 Å². The number of halogens is 1. The highest BCUT2D eigenvalue weighted by Crippen LogP contribution is 2.22. The average Bonchev–Trinajstić information content (AvgIpc) is 2.63. The summed E-state index contributed by atoms with van der Waals surface area (Å²) in [6.07, 6.45) is -0.293. The summed E-state index contributed by atoms with van der Waals surface area (Å²) in [5.74, 6) is -0.915. The lowest BCUT2D eigenvalue weighted by Gasteiger charge is -2.23. The number of pyridine rings is 1. The number of hydrogen-bond donors (Lipinski definition) is 2. The predicted octanol–water partition coefficient (Wildman–Crippen LogP) is 2.16. The Morgan fingerprint density at radius 1 is 1.40 bits per heavy atom. The van der Waals surface area contributed by atoms with E-state index in [4.69, 9.17) is 9.47 Å². The number of ether oxygens (including phenoxy) is 2. The molecule has 2 N–H and O–H groups in total. The largest absolute Gasteiger partial charge is 0.444 e. The number of morpholine rings is 1. The first-order valence-corrected chi connectivity index (χ1v) is 7.63. The number of carbonyl (C=O) groups is 2. The maximum absolute atomic E-state index is 13.9. The third-order valence-electron chi connectivity index (χ3n) is 3.56. The van der Waals surface area contributed by atoms with E-state index in [0.717, 1.165) is 11.8 Å². The number of rotatable bonds is 4. The van der Waals surface area contributed by atoms with E-state index in [1.165, 1.54) is 6.07 Å². The van der Waals surface area contributed by atoms with Crippen molar-refractivity contribution in [3.8, 4) is 0 Å². The Balaban J connectivity index is 1.62. The van der Waals surface area contributed by atoms with Crippen molar-refractivity contribution in [2.24, 2.45) is 0 Å². The van der Waals surface area contributed by atoms with Crippen molar-refractivity contribution < 1.29 is 23.5 Å². The van der Waals surface area contributed by atoms with Crippen LogP contribution in [0.1, 0.15) is 17.4 Å². The number of amides is 2. The molecule has 2 aromatic rings. The van der Waals surface area contributed by atoms with Gasteiger partial charge in [-0.2, -0.15) is 0 Å². The summed E-state index contributed by atoms with van der Waals surface area (Å²) in [6.45, 7) is 0.213. The fourth-order valence-corrected chi connectivity index (χ4v) is 2.28. The highest BCUT2D eigenvalue weighted by Gasteiger charge is 2.22. The molecule has 1 aromatic heterocycles. The van der Waals surface area contributed by atoms with Crippen molar-refractivity contribution in [1.82, 2.24) is 10.3 Å². The smallest absolute Gasteiger partial charge is 0.412 e. The topological polar surface area (TPSA) is 89.5 Å². The van der Waals surface area contributed by atoms with Gasteiger partial charge in [-0.15, -0.1) is 0 Å². The second-order valence-electron chi connectivity index (χ2n) is 5.38. The molecule has 130 valence electrons. The van der Waals surface area contributed by atoms with Gasteiger partial charge in [-0.1, -0.05) is 30.3 Å². The highest BCUT2D eigenvalue weighted by molar-refractivity contribution is 5.84. The van der Waals surface area contributed by atoms with Crippen LogP contribution in [-0.4, -0.2) is 30.1 Å². The first-order valence-electron chi connectivity index (χ1n) is 7.63. The molecular weight excluding hydrogens is 329 g/mol. The molecule has 1 aromatic carbocycles. The molecule has 0 spiro atoms. The molecule has 2 heterocycles. The Hall–Kier alpha value is -3.00. The summed E-state index contributed by atoms with van der Waals surface area (Å²) < 4.78 is 24.3. The standard InChI is InChI=1S/C17H16FN3O4/c18-12-7-19-14(15-8-20-16(22)10-24-15)6-13(12)21-17(23)25-9-11-4-2-1-3-5-11/h1-7,15H,8-10H2,(H,20,22)(H,19,21,23). The molecule has 1 saturated heterocycles. The molecule has 1 fully saturated rings. The molecule has 1 aliphatic rings. The molecule has 1 atom stereocenters. The van der Waals surface area contributed by atoms with Crippen LogP contribution in [0.15, 0.2) is 42.6 Å². The Kier molecular flexibility index (Phi) is 5.20. The summed E-state index contributed by atoms with van der Waals surface area (Å²) in [6, 6.07) is 10.5. The minimum atomic E-state index is -0.780. The van der Waals surface area contributed by atoms with Gasteiger partial charge < -0.3 is 14.8 Å². The minimum absolute atomic E-state index is 0.0661. The Labute approximate surface area is 143 Å². The summed E-state index contributed by atoms with van der Waals surface area (Å²) >= 11 is 0. The van der Waals surface area contributed by atoms with Crippen LogP contribution in [0.3, 0.4) is 0 Å². The molecule has 0 saturated carbocycles. The number of anilines is 1. The maximum Gasteiger partial charge on any atom is 0.412 e. The first kappa shape index (κ1) is 16.8. The van der Waals surface area contributed by atoms with Crippen LogP contribution in [0.25, 0.3) is 0 Å². The van der Waals surface area contributed by atoms with E-state index in [0.29, 0.717) is 5.69 Å². The van der Waals surface area contributed by atoms with Crippen molar-refractivity contribution in [2.45, 2.75) is 12.7 Å². The predicted molar refractivity (Wildman–Crippen MR) is 86.1 cm³/mol. The summed E-state index contributed by atoms with van der Waals surface area (Å²) in [5.41, 5.74) is 1.16. The molecule has 2 amide bonds. The number of aromatic nitrogens is 1. The molecule has 1 aliphatic heterocycles. The van der Waals surface area contributed by atoms with Crippen LogP contribution >= 0.6 is 0 Å². The van der Waals surface area contributed by atoms with Crippen molar-refractivity contribution in [2.75, 3.05) is 18.5 Å². The van der Waals surface area contributed by atoms with Gasteiger partial charge in [0.1, 0.15) is 19.3 Å². The summed E-state index contributed by atoms with van der Waals surface area (Å²) in [4.78, 5) is 26.9. The maximum atomic E-state index is 13.9. The molecule has 7 nitrogen and oxygen atoms in total. The quantitative estimate of drug-likeness (QED) is 0.886. The molecule has 1 unspecified atom stereocenters. The lowest BCUT2D eigenvalue weighted by atomic mass is 10.2. The molecule has 3 rings (SSSR count). The normalized spacial score (nSPS) is 16.8. The van der Waals surface area contributed by atoms with Crippen LogP contribution in [0.4, 0.5) is 14.9 Å². The molecule has 0 aliphatic carbocycles. The van der Waals surface area contributed by atoms with Crippen LogP contribution in [0.5, 0.6) is 0 Å². The van der Waals surface area contributed by atoms with Gasteiger partial charge in [0.05, 0.1) is 17.6 Å². The third kappa shape index (κ3) is 4.51. The first-order chi connectivity index (χ1) is 12.1.